The van der Waals surface area contributed by atoms with E-state index in [0.717, 1.165) is 19.3 Å². The van der Waals surface area contributed by atoms with E-state index in [1.165, 1.54) is 6.42 Å². The molecule has 1 saturated carbocycles. The van der Waals surface area contributed by atoms with Gasteiger partial charge in [0.2, 0.25) is 0 Å². The van der Waals surface area contributed by atoms with Crippen LogP contribution in [0.5, 0.6) is 0 Å². The van der Waals surface area contributed by atoms with Crippen molar-refractivity contribution in [3.8, 4) is 0 Å². The molecule has 0 amide bonds. The van der Waals surface area contributed by atoms with Gasteiger partial charge in [-0.05, 0) is 24.2 Å². The van der Waals surface area contributed by atoms with Gasteiger partial charge in [0.15, 0.2) is 0 Å². The molecule has 0 heterocycles. The summed E-state index contributed by atoms with van der Waals surface area (Å²) in [6.07, 6.45) is 8.42. The summed E-state index contributed by atoms with van der Waals surface area (Å²) in [4.78, 5) is 11.2. The Labute approximate surface area is 67.5 Å². The van der Waals surface area contributed by atoms with Crippen molar-refractivity contribution in [2.45, 2.75) is 32.6 Å². The Morgan fingerprint density at radius 2 is 2.45 bits per heavy atom. The van der Waals surface area contributed by atoms with Crippen molar-refractivity contribution in [3.05, 3.63) is 12.2 Å². The first-order valence-electron chi connectivity index (χ1n) is 4.36. The highest BCUT2D eigenvalue weighted by molar-refractivity contribution is 5.80. The van der Waals surface area contributed by atoms with Crippen molar-refractivity contribution in [1.82, 2.24) is 0 Å². The van der Waals surface area contributed by atoms with Gasteiger partial charge in [0, 0.05) is 12.8 Å². The highest BCUT2D eigenvalue weighted by Gasteiger charge is 2.36. The number of carbonyl (C=O) groups excluding carboxylic acids is 1. The first kappa shape index (κ1) is 7.08. The van der Waals surface area contributed by atoms with Crippen molar-refractivity contribution >= 4 is 5.78 Å². The molecule has 0 radical (unpaired) electrons. The molecule has 0 aromatic rings. The summed E-state index contributed by atoms with van der Waals surface area (Å²) in [5, 5.41) is 0. The Bertz CT molecular complexity index is 217. The van der Waals surface area contributed by atoms with Crippen LogP contribution >= 0.6 is 0 Å². The molecular weight excluding hydrogens is 136 g/mol. The van der Waals surface area contributed by atoms with E-state index in [4.69, 9.17) is 0 Å². The second-order valence-corrected chi connectivity index (χ2v) is 4.33. The molecule has 1 nitrogen and oxygen atoms in total. The Kier molecular flexibility index (Phi) is 1.41. The molecule has 0 N–H and O–H groups in total. The third kappa shape index (κ3) is 1.24. The monoisotopic (exact) mass is 150 g/mol. The van der Waals surface area contributed by atoms with E-state index in [1.807, 2.05) is 0 Å². The molecule has 60 valence electrons. The summed E-state index contributed by atoms with van der Waals surface area (Å²) < 4.78 is 0. The zero-order valence-electron chi connectivity index (χ0n) is 6.97. The van der Waals surface area contributed by atoms with Gasteiger partial charge >= 0.3 is 0 Å². The molecular formula is C10H14O. The van der Waals surface area contributed by atoms with Crippen LogP contribution in [0.1, 0.15) is 32.6 Å². The van der Waals surface area contributed by atoms with E-state index in [2.05, 4.69) is 19.1 Å². The van der Waals surface area contributed by atoms with Crippen LogP contribution in [0.2, 0.25) is 0 Å². The van der Waals surface area contributed by atoms with E-state index in [-0.39, 0.29) is 0 Å². The van der Waals surface area contributed by atoms with Crippen molar-refractivity contribution in [2.24, 2.45) is 11.3 Å². The van der Waals surface area contributed by atoms with E-state index >= 15 is 0 Å². The minimum atomic E-state index is 0.314. The topological polar surface area (TPSA) is 17.1 Å². The Morgan fingerprint density at radius 3 is 3.18 bits per heavy atom. The zero-order valence-corrected chi connectivity index (χ0v) is 6.97. The Balaban J connectivity index is 2.25. The summed E-state index contributed by atoms with van der Waals surface area (Å²) in [6.45, 7) is 2.24. The first-order valence-corrected chi connectivity index (χ1v) is 4.36. The highest BCUT2D eigenvalue weighted by atomic mass is 16.1. The van der Waals surface area contributed by atoms with Gasteiger partial charge < -0.3 is 0 Å². The van der Waals surface area contributed by atoms with Crippen LogP contribution in [0.15, 0.2) is 12.2 Å². The summed E-state index contributed by atoms with van der Waals surface area (Å²) >= 11 is 0. The van der Waals surface area contributed by atoms with Gasteiger partial charge in [-0.3, -0.25) is 4.79 Å². The fraction of sp³-hybridized carbons (Fsp3) is 0.700. The maximum atomic E-state index is 11.2. The largest absolute Gasteiger partial charge is 0.300 e. The maximum Gasteiger partial charge on any atom is 0.134 e. The van der Waals surface area contributed by atoms with Gasteiger partial charge in [-0.2, -0.15) is 0 Å². The lowest BCUT2D eigenvalue weighted by Crippen LogP contribution is -2.32. The second-order valence-electron chi connectivity index (χ2n) is 4.33. The fourth-order valence-corrected chi connectivity index (χ4v) is 2.45. The van der Waals surface area contributed by atoms with Gasteiger partial charge in [0.1, 0.15) is 5.78 Å². The molecule has 2 aliphatic carbocycles. The molecule has 0 aliphatic heterocycles. The number of fused-ring (bicyclic) bond motifs is 2. The molecule has 1 fully saturated rings. The summed E-state index contributed by atoms with van der Waals surface area (Å²) in [5.41, 5.74) is 0.314. The molecule has 2 rings (SSSR count). The smallest absolute Gasteiger partial charge is 0.134 e. The van der Waals surface area contributed by atoms with Crippen molar-refractivity contribution in [1.29, 1.82) is 0 Å². The average molecular weight is 150 g/mol. The van der Waals surface area contributed by atoms with Gasteiger partial charge in [-0.1, -0.05) is 19.1 Å². The third-order valence-corrected chi connectivity index (χ3v) is 2.89. The summed E-state index contributed by atoms with van der Waals surface area (Å²) in [7, 11) is 0. The molecule has 0 aromatic heterocycles. The number of Topliss-reactive ketones (excluding diaryl/α,β-unsaturated/α-hetero) is 1. The van der Waals surface area contributed by atoms with E-state index in [1.54, 1.807) is 0 Å². The van der Waals surface area contributed by atoms with E-state index < -0.39 is 0 Å². The van der Waals surface area contributed by atoms with Crippen molar-refractivity contribution in [3.63, 3.8) is 0 Å². The molecule has 11 heavy (non-hydrogen) atoms. The summed E-state index contributed by atoms with van der Waals surface area (Å²) in [5.74, 6) is 1.03. The van der Waals surface area contributed by atoms with Gasteiger partial charge in [0.25, 0.3) is 0 Å². The molecule has 2 aliphatic rings. The third-order valence-electron chi connectivity index (χ3n) is 2.89. The lowest BCUT2D eigenvalue weighted by Gasteiger charge is -2.38. The molecule has 1 heteroatoms. The minimum Gasteiger partial charge on any atom is -0.300 e. The highest BCUT2D eigenvalue weighted by Crippen LogP contribution is 2.43. The number of carbonyl (C=O) groups is 1. The van der Waals surface area contributed by atoms with Crippen LogP contribution in [-0.4, -0.2) is 5.78 Å². The van der Waals surface area contributed by atoms with E-state index in [0.29, 0.717) is 17.1 Å². The van der Waals surface area contributed by atoms with E-state index in [9.17, 15) is 4.79 Å². The second kappa shape index (κ2) is 2.20. The minimum absolute atomic E-state index is 0.314. The van der Waals surface area contributed by atoms with Crippen LogP contribution in [0.25, 0.3) is 0 Å². The van der Waals surface area contributed by atoms with Gasteiger partial charge in [0.05, 0.1) is 0 Å². The van der Waals surface area contributed by atoms with Crippen molar-refractivity contribution < 1.29 is 4.79 Å². The number of rotatable bonds is 0. The molecule has 2 atom stereocenters. The van der Waals surface area contributed by atoms with Crippen LogP contribution in [-0.2, 0) is 4.79 Å². The standard InChI is InChI=1S/C10H14O/c1-10-4-2-3-8(6-10)5-9(11)7-10/h2-3,8H,4-7H2,1H3. The predicted molar refractivity (Wildman–Crippen MR) is 44.2 cm³/mol. The fourth-order valence-electron chi connectivity index (χ4n) is 2.45. The Morgan fingerprint density at radius 1 is 1.64 bits per heavy atom. The molecule has 2 bridgehead atoms. The molecule has 0 spiro atoms. The lowest BCUT2D eigenvalue weighted by molar-refractivity contribution is -0.124. The first-order chi connectivity index (χ1) is 5.18. The Hall–Kier alpha value is -0.590. The number of hydrogen-bond acceptors (Lipinski definition) is 1. The molecule has 0 saturated heterocycles. The average Bonchev–Trinajstić information content (AvgIpc) is 1.82. The van der Waals surface area contributed by atoms with Crippen LogP contribution in [0.3, 0.4) is 0 Å². The number of hydrogen-bond donors (Lipinski definition) is 0. The SMILES string of the molecule is CC12CC=CC(CC(=O)C1)C2. The van der Waals surface area contributed by atoms with Crippen LogP contribution in [0.4, 0.5) is 0 Å². The molecule has 2 unspecified atom stereocenters. The van der Waals surface area contributed by atoms with Gasteiger partial charge in [-0.15, -0.1) is 0 Å². The number of ketones is 1. The van der Waals surface area contributed by atoms with Crippen LogP contribution < -0.4 is 0 Å². The lowest BCUT2D eigenvalue weighted by atomic mass is 9.66. The quantitative estimate of drug-likeness (QED) is 0.484. The zero-order chi connectivity index (χ0) is 7.90. The predicted octanol–water partition coefficient (Wildman–Crippen LogP) is 2.32. The van der Waals surface area contributed by atoms with Crippen LogP contribution in [0, 0.1) is 11.3 Å². The number of allylic oxidation sites excluding steroid dienone is 2. The maximum absolute atomic E-state index is 11.2. The van der Waals surface area contributed by atoms with Gasteiger partial charge in [-0.25, -0.2) is 0 Å². The molecule has 0 aromatic carbocycles. The normalized spacial score (nSPS) is 42.6. The summed E-state index contributed by atoms with van der Waals surface area (Å²) in [6, 6.07) is 0. The van der Waals surface area contributed by atoms with Crippen molar-refractivity contribution in [2.75, 3.05) is 0 Å².